The first-order valence-electron chi connectivity index (χ1n) is 7.17. The predicted molar refractivity (Wildman–Crippen MR) is 71.8 cm³/mol. The molecule has 5 heteroatoms. The van der Waals surface area contributed by atoms with Gasteiger partial charge in [-0.2, -0.15) is 0 Å². The lowest BCUT2D eigenvalue weighted by Gasteiger charge is -2.23. The van der Waals surface area contributed by atoms with E-state index in [-0.39, 0.29) is 12.4 Å². The Morgan fingerprint density at radius 1 is 1.53 bits per heavy atom. The standard InChI is InChI=1S/C14H24N2O3/c1-3-17-12(2)14-15-7-8-16(14)9-11-19-13-6-4-5-10-18-13/h7-8,12-13H,3-6,9-11H2,1-2H3/t12-,13-/m0/s1. The molecule has 5 nitrogen and oxygen atoms in total. The summed E-state index contributed by atoms with van der Waals surface area (Å²) in [5, 5.41) is 0. The first-order chi connectivity index (χ1) is 9.31. The molecule has 0 aliphatic carbocycles. The fourth-order valence-corrected chi connectivity index (χ4v) is 2.32. The van der Waals surface area contributed by atoms with Crippen molar-refractivity contribution in [2.24, 2.45) is 0 Å². The lowest BCUT2D eigenvalue weighted by Crippen LogP contribution is -2.24. The summed E-state index contributed by atoms with van der Waals surface area (Å²) in [6.45, 7) is 6.96. The van der Waals surface area contributed by atoms with E-state index in [2.05, 4.69) is 9.55 Å². The van der Waals surface area contributed by atoms with Crippen LogP contribution in [0, 0.1) is 0 Å². The molecule has 1 aliphatic rings. The van der Waals surface area contributed by atoms with E-state index < -0.39 is 0 Å². The fraction of sp³-hybridized carbons (Fsp3) is 0.786. The van der Waals surface area contributed by atoms with E-state index in [1.54, 1.807) is 0 Å². The lowest BCUT2D eigenvalue weighted by atomic mass is 10.2. The number of imidazole rings is 1. The van der Waals surface area contributed by atoms with E-state index in [1.165, 1.54) is 6.42 Å². The van der Waals surface area contributed by atoms with Crippen LogP contribution in [0.4, 0.5) is 0 Å². The van der Waals surface area contributed by atoms with Gasteiger partial charge in [0.1, 0.15) is 11.9 Å². The molecule has 0 saturated carbocycles. The van der Waals surface area contributed by atoms with E-state index >= 15 is 0 Å². The van der Waals surface area contributed by atoms with E-state index in [1.807, 2.05) is 26.2 Å². The summed E-state index contributed by atoms with van der Waals surface area (Å²) in [4.78, 5) is 4.35. The van der Waals surface area contributed by atoms with Crippen LogP contribution in [-0.4, -0.2) is 35.7 Å². The molecule has 2 rings (SSSR count). The third-order valence-electron chi connectivity index (χ3n) is 3.30. The Bertz CT molecular complexity index is 361. The van der Waals surface area contributed by atoms with Crippen molar-refractivity contribution < 1.29 is 14.2 Å². The van der Waals surface area contributed by atoms with Gasteiger partial charge in [-0.25, -0.2) is 4.98 Å². The average Bonchev–Trinajstić information content (AvgIpc) is 2.89. The molecule has 108 valence electrons. The Balaban J connectivity index is 1.77. The lowest BCUT2D eigenvalue weighted by molar-refractivity contribution is -0.163. The summed E-state index contributed by atoms with van der Waals surface area (Å²) >= 11 is 0. The highest BCUT2D eigenvalue weighted by Crippen LogP contribution is 2.16. The van der Waals surface area contributed by atoms with Crippen LogP contribution in [0.2, 0.25) is 0 Å². The van der Waals surface area contributed by atoms with E-state index in [0.29, 0.717) is 13.2 Å². The molecule has 1 aromatic heterocycles. The van der Waals surface area contributed by atoms with Crippen LogP contribution in [0.5, 0.6) is 0 Å². The monoisotopic (exact) mass is 268 g/mol. The van der Waals surface area contributed by atoms with Gasteiger partial charge in [-0.05, 0) is 33.1 Å². The molecule has 1 fully saturated rings. The number of hydrogen-bond acceptors (Lipinski definition) is 4. The second-order valence-electron chi connectivity index (χ2n) is 4.74. The molecule has 1 saturated heterocycles. The van der Waals surface area contributed by atoms with Crippen molar-refractivity contribution in [3.05, 3.63) is 18.2 Å². The van der Waals surface area contributed by atoms with Gasteiger partial charge >= 0.3 is 0 Å². The van der Waals surface area contributed by atoms with Gasteiger partial charge < -0.3 is 18.8 Å². The van der Waals surface area contributed by atoms with Crippen molar-refractivity contribution in [2.75, 3.05) is 19.8 Å². The minimum Gasteiger partial charge on any atom is -0.371 e. The highest BCUT2D eigenvalue weighted by Gasteiger charge is 2.15. The van der Waals surface area contributed by atoms with Gasteiger partial charge in [0, 0.05) is 32.2 Å². The molecular formula is C14H24N2O3. The maximum atomic E-state index is 5.74. The SMILES string of the molecule is CCO[C@@H](C)c1nccn1CCO[C@H]1CCCCO1. The Morgan fingerprint density at radius 2 is 2.42 bits per heavy atom. The van der Waals surface area contributed by atoms with E-state index in [9.17, 15) is 0 Å². The second kappa shape index (κ2) is 7.62. The molecule has 2 heterocycles. The predicted octanol–water partition coefficient (Wildman–Crippen LogP) is 2.52. The Hall–Kier alpha value is -0.910. The molecule has 19 heavy (non-hydrogen) atoms. The third kappa shape index (κ3) is 4.30. The van der Waals surface area contributed by atoms with Gasteiger partial charge in [-0.3, -0.25) is 0 Å². The first-order valence-corrected chi connectivity index (χ1v) is 7.17. The van der Waals surface area contributed by atoms with Gasteiger partial charge in [0.05, 0.1) is 6.61 Å². The minimum atomic E-state index is -0.0231. The molecule has 1 aromatic rings. The van der Waals surface area contributed by atoms with Crippen molar-refractivity contribution in [1.82, 2.24) is 9.55 Å². The van der Waals surface area contributed by atoms with E-state index in [0.717, 1.165) is 31.8 Å². The summed E-state index contributed by atoms with van der Waals surface area (Å²) < 4.78 is 18.9. The molecule has 0 radical (unpaired) electrons. The van der Waals surface area contributed by atoms with Crippen LogP contribution in [-0.2, 0) is 20.8 Å². The Labute approximate surface area is 114 Å². The molecular weight excluding hydrogens is 244 g/mol. The maximum absolute atomic E-state index is 5.74. The molecule has 1 aliphatic heterocycles. The molecule has 0 unspecified atom stereocenters. The topological polar surface area (TPSA) is 45.5 Å². The maximum Gasteiger partial charge on any atom is 0.157 e. The molecule has 0 amide bonds. The van der Waals surface area contributed by atoms with Crippen molar-refractivity contribution in [3.63, 3.8) is 0 Å². The highest BCUT2D eigenvalue weighted by atomic mass is 16.7. The zero-order valence-corrected chi connectivity index (χ0v) is 11.9. The molecule has 0 N–H and O–H groups in total. The van der Waals surface area contributed by atoms with Gasteiger partial charge in [0.15, 0.2) is 6.29 Å². The van der Waals surface area contributed by atoms with Gasteiger partial charge in [0.25, 0.3) is 0 Å². The smallest absolute Gasteiger partial charge is 0.157 e. The first kappa shape index (κ1) is 14.5. The zero-order chi connectivity index (χ0) is 13.5. The highest BCUT2D eigenvalue weighted by molar-refractivity contribution is 4.95. The molecule has 0 bridgehead atoms. The number of aromatic nitrogens is 2. The molecule has 2 atom stereocenters. The van der Waals surface area contributed by atoms with Crippen molar-refractivity contribution in [1.29, 1.82) is 0 Å². The summed E-state index contributed by atoms with van der Waals surface area (Å²) in [5.41, 5.74) is 0. The summed E-state index contributed by atoms with van der Waals surface area (Å²) in [7, 11) is 0. The van der Waals surface area contributed by atoms with Crippen LogP contribution in [0.1, 0.15) is 45.0 Å². The Kier molecular flexibility index (Phi) is 5.82. The molecule has 0 aromatic carbocycles. The van der Waals surface area contributed by atoms with Crippen LogP contribution < -0.4 is 0 Å². The second-order valence-corrected chi connectivity index (χ2v) is 4.74. The quantitative estimate of drug-likeness (QED) is 0.762. The largest absolute Gasteiger partial charge is 0.371 e. The summed E-state index contributed by atoms with van der Waals surface area (Å²) in [6, 6.07) is 0. The van der Waals surface area contributed by atoms with Gasteiger partial charge in [-0.1, -0.05) is 0 Å². The number of ether oxygens (including phenoxy) is 3. The zero-order valence-electron chi connectivity index (χ0n) is 11.9. The summed E-state index contributed by atoms with van der Waals surface area (Å²) in [6.07, 6.45) is 7.13. The number of hydrogen-bond donors (Lipinski definition) is 0. The van der Waals surface area contributed by atoms with Crippen molar-refractivity contribution >= 4 is 0 Å². The van der Waals surface area contributed by atoms with Crippen LogP contribution in [0.3, 0.4) is 0 Å². The van der Waals surface area contributed by atoms with Crippen LogP contribution in [0.15, 0.2) is 12.4 Å². The number of nitrogens with zero attached hydrogens (tertiary/aromatic N) is 2. The molecule has 0 spiro atoms. The number of rotatable bonds is 7. The van der Waals surface area contributed by atoms with Crippen molar-refractivity contribution in [2.45, 2.75) is 52.0 Å². The third-order valence-corrected chi connectivity index (χ3v) is 3.30. The van der Waals surface area contributed by atoms with Crippen LogP contribution in [0.25, 0.3) is 0 Å². The van der Waals surface area contributed by atoms with Gasteiger partial charge in [0.2, 0.25) is 0 Å². The summed E-state index contributed by atoms with van der Waals surface area (Å²) in [5.74, 6) is 0.954. The fourth-order valence-electron chi connectivity index (χ4n) is 2.32. The van der Waals surface area contributed by atoms with Crippen LogP contribution >= 0.6 is 0 Å². The Morgan fingerprint density at radius 3 is 3.16 bits per heavy atom. The van der Waals surface area contributed by atoms with Crippen molar-refractivity contribution in [3.8, 4) is 0 Å². The average molecular weight is 268 g/mol. The minimum absolute atomic E-state index is 0.0194. The normalized spacial score (nSPS) is 21.5. The van der Waals surface area contributed by atoms with Gasteiger partial charge in [-0.15, -0.1) is 0 Å². The van der Waals surface area contributed by atoms with E-state index in [4.69, 9.17) is 14.2 Å².